The second-order valence-corrected chi connectivity index (χ2v) is 6.66. The Balaban J connectivity index is 3.13. The molecule has 0 N–H and O–H groups in total. The van der Waals surface area contributed by atoms with Gasteiger partial charge in [0, 0.05) is 5.56 Å². The summed E-state index contributed by atoms with van der Waals surface area (Å²) in [5, 5.41) is 1.26. The number of carbonyl (C=O) groups excluding carboxylic acids is 1. The molecule has 0 aromatic heterocycles. The van der Waals surface area contributed by atoms with Gasteiger partial charge in [-0.1, -0.05) is 42.6 Å². The van der Waals surface area contributed by atoms with Gasteiger partial charge >= 0.3 is 0 Å². The third-order valence-electron chi connectivity index (χ3n) is 2.28. The van der Waals surface area contributed by atoms with Crippen LogP contribution in [-0.4, -0.2) is 15.1 Å². The lowest BCUT2D eigenvalue weighted by molar-refractivity contribution is 0.112. The van der Waals surface area contributed by atoms with Crippen molar-refractivity contribution in [2.75, 3.05) is 0 Å². The summed E-state index contributed by atoms with van der Waals surface area (Å²) in [5.41, 5.74) is 2.11. The van der Waals surface area contributed by atoms with Crippen LogP contribution < -0.4 is 5.19 Å². The fourth-order valence-electron chi connectivity index (χ4n) is 1.53. The first kappa shape index (κ1) is 10.9. The normalized spacial score (nSPS) is 10.2. The van der Waals surface area contributed by atoms with E-state index in [0.29, 0.717) is 0 Å². The van der Waals surface area contributed by atoms with Crippen LogP contribution in [0.5, 0.6) is 0 Å². The van der Waals surface area contributed by atoms with Crippen LogP contribution in [0.4, 0.5) is 0 Å². The van der Waals surface area contributed by atoms with E-state index in [-0.39, 0.29) is 0 Å². The predicted molar refractivity (Wildman–Crippen MR) is 64.2 cm³/mol. The number of hydrogen-bond donors (Lipinski definition) is 0. The van der Waals surface area contributed by atoms with Gasteiger partial charge in [-0.15, -0.1) is 6.58 Å². The Morgan fingerprint density at radius 3 is 2.64 bits per heavy atom. The molecule has 2 heteroatoms. The van der Waals surface area contributed by atoms with Crippen molar-refractivity contribution in [3.8, 4) is 0 Å². The molecular weight excluding hydrogens is 188 g/mol. The number of aldehydes is 1. The molecule has 0 radical (unpaired) electrons. The summed E-state index contributed by atoms with van der Waals surface area (Å²) in [6.07, 6.45) is 3.73. The Hall–Kier alpha value is -1.15. The van der Waals surface area contributed by atoms with Crippen LogP contribution in [0.1, 0.15) is 15.9 Å². The molecule has 1 rings (SSSR count). The molecule has 0 unspecified atom stereocenters. The molecule has 0 saturated carbocycles. The number of carbonyl (C=O) groups is 1. The molecule has 1 aromatic rings. The minimum atomic E-state index is -0.904. The summed E-state index contributed by atoms with van der Waals surface area (Å²) in [7, 11) is -0.904. The fraction of sp³-hybridized carbons (Fsp3) is 0.250. The van der Waals surface area contributed by atoms with E-state index < -0.39 is 8.80 Å². The highest BCUT2D eigenvalue weighted by Crippen LogP contribution is 2.03. The van der Waals surface area contributed by atoms with Crippen molar-refractivity contribution in [1.29, 1.82) is 0 Å². The summed E-state index contributed by atoms with van der Waals surface area (Å²) in [6, 6.07) is 6.09. The summed E-state index contributed by atoms with van der Waals surface area (Å²) >= 11 is 0. The van der Waals surface area contributed by atoms with Gasteiger partial charge in [-0.3, -0.25) is 4.79 Å². The molecule has 74 valence electrons. The number of rotatable bonds is 4. The summed E-state index contributed by atoms with van der Waals surface area (Å²) in [4.78, 5) is 10.8. The van der Waals surface area contributed by atoms with Crippen LogP contribution in [0.25, 0.3) is 0 Å². The highest BCUT2D eigenvalue weighted by molar-refractivity contribution is 6.71. The molecule has 0 atom stereocenters. The van der Waals surface area contributed by atoms with Crippen LogP contribution >= 0.6 is 0 Å². The van der Waals surface area contributed by atoms with Crippen molar-refractivity contribution in [1.82, 2.24) is 0 Å². The van der Waals surface area contributed by atoms with Gasteiger partial charge in [0.25, 0.3) is 0 Å². The second-order valence-electron chi connectivity index (χ2n) is 3.73. The molecule has 0 bridgehead atoms. The van der Waals surface area contributed by atoms with Gasteiger partial charge in [0.1, 0.15) is 6.29 Å². The molecule has 1 aromatic carbocycles. The number of benzene rings is 1. The van der Waals surface area contributed by atoms with E-state index in [1.165, 1.54) is 10.8 Å². The van der Waals surface area contributed by atoms with Crippen molar-refractivity contribution in [2.45, 2.75) is 19.5 Å². The maximum absolute atomic E-state index is 10.8. The van der Waals surface area contributed by atoms with Crippen LogP contribution in [0.3, 0.4) is 0 Å². The molecular formula is C12H16OSi. The molecule has 0 aliphatic carbocycles. The number of allylic oxidation sites excluding steroid dienone is 1. The molecule has 0 amide bonds. The van der Waals surface area contributed by atoms with Gasteiger partial charge in [0.05, 0.1) is 8.80 Å². The Labute approximate surface area is 87.1 Å². The zero-order valence-electron chi connectivity index (χ0n) is 8.79. The number of hydrogen-bond acceptors (Lipinski definition) is 1. The Morgan fingerprint density at radius 2 is 2.14 bits per heavy atom. The Bertz CT molecular complexity index is 342. The summed E-state index contributed by atoms with van der Waals surface area (Å²) in [6.45, 7) is 8.19. The maximum Gasteiger partial charge on any atom is 0.149 e. The first-order chi connectivity index (χ1) is 6.69. The van der Waals surface area contributed by atoms with Crippen LogP contribution in [0.15, 0.2) is 30.9 Å². The highest BCUT2D eigenvalue weighted by atomic mass is 28.3. The molecule has 1 nitrogen and oxygen atoms in total. The molecule has 0 saturated heterocycles. The lowest BCUT2D eigenvalue weighted by Crippen LogP contribution is -2.27. The molecule has 0 spiro atoms. The van der Waals surface area contributed by atoms with Crippen molar-refractivity contribution >= 4 is 20.3 Å². The highest BCUT2D eigenvalue weighted by Gasteiger charge is 2.07. The maximum atomic E-state index is 10.8. The average molecular weight is 204 g/mol. The monoisotopic (exact) mass is 204 g/mol. The van der Waals surface area contributed by atoms with Gasteiger partial charge in [-0.2, -0.15) is 0 Å². The molecule has 0 aliphatic rings. The van der Waals surface area contributed by atoms with Crippen LogP contribution in [0, 0.1) is 0 Å². The standard InChI is InChI=1S/C12H16OSi/c1-4-5-10-6-7-11(9-13)12(8-10)14(2)3/h4,6-9,14H,1,5H2,2-3H3. The van der Waals surface area contributed by atoms with Crippen molar-refractivity contribution in [2.24, 2.45) is 0 Å². The van der Waals surface area contributed by atoms with Gasteiger partial charge in [0.15, 0.2) is 0 Å². The van der Waals surface area contributed by atoms with Crippen LogP contribution in [0.2, 0.25) is 13.1 Å². The summed E-state index contributed by atoms with van der Waals surface area (Å²) in [5.74, 6) is 0. The van der Waals surface area contributed by atoms with Crippen molar-refractivity contribution in [3.63, 3.8) is 0 Å². The van der Waals surface area contributed by atoms with E-state index in [0.717, 1.165) is 18.3 Å². The lowest BCUT2D eigenvalue weighted by atomic mass is 10.1. The van der Waals surface area contributed by atoms with E-state index in [2.05, 4.69) is 25.7 Å². The molecule has 14 heavy (non-hydrogen) atoms. The van der Waals surface area contributed by atoms with E-state index in [1.807, 2.05) is 18.2 Å². The molecule has 0 aliphatic heterocycles. The first-order valence-electron chi connectivity index (χ1n) is 4.88. The second kappa shape index (κ2) is 4.91. The van der Waals surface area contributed by atoms with E-state index >= 15 is 0 Å². The van der Waals surface area contributed by atoms with Crippen molar-refractivity contribution < 1.29 is 4.79 Å². The van der Waals surface area contributed by atoms with E-state index in [9.17, 15) is 4.79 Å². The van der Waals surface area contributed by atoms with E-state index in [1.54, 1.807) is 0 Å². The topological polar surface area (TPSA) is 17.1 Å². The average Bonchev–Trinajstić information content (AvgIpc) is 2.18. The Morgan fingerprint density at radius 1 is 1.43 bits per heavy atom. The van der Waals surface area contributed by atoms with Crippen molar-refractivity contribution in [3.05, 3.63) is 42.0 Å². The largest absolute Gasteiger partial charge is 0.298 e. The van der Waals surface area contributed by atoms with Gasteiger partial charge in [0.2, 0.25) is 0 Å². The van der Waals surface area contributed by atoms with E-state index in [4.69, 9.17) is 0 Å². The first-order valence-corrected chi connectivity index (χ1v) is 7.76. The predicted octanol–water partition coefficient (Wildman–Crippen LogP) is 1.92. The lowest BCUT2D eigenvalue weighted by Gasteiger charge is -2.09. The summed E-state index contributed by atoms with van der Waals surface area (Å²) < 4.78 is 0. The fourth-order valence-corrected chi connectivity index (χ4v) is 2.90. The zero-order chi connectivity index (χ0) is 10.6. The minimum absolute atomic E-state index is 0.861. The van der Waals surface area contributed by atoms with Gasteiger partial charge < -0.3 is 0 Å². The Kier molecular flexibility index (Phi) is 3.83. The SMILES string of the molecule is C=CCc1ccc(C=O)c([SiH](C)C)c1. The molecule has 0 fully saturated rings. The minimum Gasteiger partial charge on any atom is -0.298 e. The van der Waals surface area contributed by atoms with Crippen LogP contribution in [-0.2, 0) is 6.42 Å². The van der Waals surface area contributed by atoms with Gasteiger partial charge in [-0.25, -0.2) is 0 Å². The zero-order valence-corrected chi connectivity index (χ0v) is 9.94. The van der Waals surface area contributed by atoms with Gasteiger partial charge in [-0.05, 0) is 12.0 Å². The third-order valence-corrected chi connectivity index (χ3v) is 4.02. The molecule has 0 heterocycles. The quantitative estimate of drug-likeness (QED) is 0.416. The smallest absolute Gasteiger partial charge is 0.149 e. The third kappa shape index (κ3) is 2.42.